The molecule has 1 amide bonds. The molecule has 1 fully saturated rings. The van der Waals surface area contributed by atoms with E-state index < -0.39 is 12.1 Å². The molecule has 168 valence electrons. The zero-order chi connectivity index (χ0) is 22.6. The summed E-state index contributed by atoms with van der Waals surface area (Å²) < 4.78 is 10.6. The topological polar surface area (TPSA) is 93.9 Å². The summed E-state index contributed by atoms with van der Waals surface area (Å²) >= 11 is 0. The number of nitrogens with zero attached hydrogens (tertiary/aromatic N) is 1. The Labute approximate surface area is 184 Å². The Balaban J connectivity index is 0.00000166. The first kappa shape index (κ1) is 24.4. The van der Waals surface area contributed by atoms with E-state index >= 15 is 0 Å². The van der Waals surface area contributed by atoms with Crippen molar-refractivity contribution in [2.75, 3.05) is 13.7 Å². The van der Waals surface area contributed by atoms with Gasteiger partial charge in [-0.15, -0.1) is 0 Å². The van der Waals surface area contributed by atoms with Gasteiger partial charge in [-0.1, -0.05) is 56.3 Å². The van der Waals surface area contributed by atoms with Crippen LogP contribution in [0.15, 0.2) is 54.6 Å². The number of hydrazine groups is 1. The minimum atomic E-state index is -0.719. The number of carbonyl (C=O) groups excluding carboxylic acids is 2. The van der Waals surface area contributed by atoms with E-state index in [0.717, 1.165) is 16.9 Å². The molecule has 0 spiro atoms. The van der Waals surface area contributed by atoms with Gasteiger partial charge in [0.05, 0.1) is 13.2 Å². The van der Waals surface area contributed by atoms with Crippen molar-refractivity contribution in [3.63, 3.8) is 0 Å². The van der Waals surface area contributed by atoms with Crippen LogP contribution in [-0.4, -0.2) is 42.6 Å². The van der Waals surface area contributed by atoms with Gasteiger partial charge in [0, 0.05) is 6.54 Å². The number of esters is 1. The molecule has 1 aliphatic rings. The van der Waals surface area contributed by atoms with Gasteiger partial charge < -0.3 is 15.2 Å². The third-order valence-corrected chi connectivity index (χ3v) is 4.86. The highest BCUT2D eigenvalue weighted by Gasteiger charge is 2.30. The largest absolute Gasteiger partial charge is 0.489 e. The normalized spacial score (nSPS) is 16.5. The Bertz CT molecular complexity index is 829. The minimum absolute atomic E-state index is 0.241. The Morgan fingerprint density at radius 3 is 2.55 bits per heavy atom. The summed E-state index contributed by atoms with van der Waals surface area (Å²) in [7, 11) is 1.34. The first-order chi connectivity index (χ1) is 15.1. The highest BCUT2D eigenvalue weighted by molar-refractivity contribution is 5.83. The van der Waals surface area contributed by atoms with Crippen LogP contribution in [0.1, 0.15) is 37.8 Å². The predicted octanol–water partition coefficient (Wildman–Crippen LogP) is 2.83. The number of hydrogen-bond donors (Lipinski definition) is 2. The second-order valence-corrected chi connectivity index (χ2v) is 7.07. The number of rotatable bonds is 7. The molecule has 3 N–H and O–H groups in total. The highest BCUT2D eigenvalue weighted by Crippen LogP contribution is 2.17. The molecule has 1 aliphatic heterocycles. The van der Waals surface area contributed by atoms with Gasteiger partial charge in [-0.2, -0.15) is 0 Å². The lowest BCUT2D eigenvalue weighted by molar-refractivity contribution is -0.149. The van der Waals surface area contributed by atoms with Gasteiger partial charge in [0.15, 0.2) is 0 Å². The van der Waals surface area contributed by atoms with E-state index in [0.29, 0.717) is 32.4 Å². The van der Waals surface area contributed by atoms with E-state index in [4.69, 9.17) is 15.2 Å². The molecular formula is C24H33N3O4. The van der Waals surface area contributed by atoms with Crippen LogP contribution in [0.3, 0.4) is 0 Å². The van der Waals surface area contributed by atoms with Crippen LogP contribution in [0.2, 0.25) is 0 Å². The number of carbonyl (C=O) groups is 2. The Hall–Kier alpha value is -2.90. The smallest absolute Gasteiger partial charge is 0.324 e. The fraction of sp³-hybridized carbons (Fsp3) is 0.417. The number of benzene rings is 2. The Morgan fingerprint density at radius 1 is 1.13 bits per heavy atom. The van der Waals surface area contributed by atoms with Gasteiger partial charge in [0.2, 0.25) is 0 Å². The predicted molar refractivity (Wildman–Crippen MR) is 120 cm³/mol. The molecule has 0 bridgehead atoms. The van der Waals surface area contributed by atoms with Crippen molar-refractivity contribution >= 4 is 11.9 Å². The number of nitrogens with two attached hydrogens (primary N) is 1. The van der Waals surface area contributed by atoms with E-state index in [1.54, 1.807) is 0 Å². The van der Waals surface area contributed by atoms with Crippen molar-refractivity contribution in [2.45, 2.75) is 51.8 Å². The molecule has 0 radical (unpaired) electrons. The van der Waals surface area contributed by atoms with Crippen LogP contribution < -0.4 is 15.9 Å². The maximum atomic E-state index is 12.7. The Kier molecular flexibility index (Phi) is 10.00. The van der Waals surface area contributed by atoms with Crippen molar-refractivity contribution in [3.8, 4) is 5.75 Å². The molecule has 0 aromatic heterocycles. The molecule has 1 saturated heterocycles. The van der Waals surface area contributed by atoms with E-state index in [1.165, 1.54) is 12.1 Å². The van der Waals surface area contributed by atoms with E-state index in [9.17, 15) is 9.59 Å². The lowest BCUT2D eigenvalue weighted by Gasteiger charge is -2.33. The molecule has 2 aromatic rings. The van der Waals surface area contributed by atoms with Crippen molar-refractivity contribution in [3.05, 3.63) is 65.7 Å². The summed E-state index contributed by atoms with van der Waals surface area (Å²) in [5, 5.41) is 1.44. The first-order valence-corrected chi connectivity index (χ1v) is 10.7. The molecular weight excluding hydrogens is 394 g/mol. The first-order valence-electron chi connectivity index (χ1n) is 10.7. The molecule has 0 saturated carbocycles. The van der Waals surface area contributed by atoms with Crippen LogP contribution in [-0.2, 0) is 27.4 Å². The number of nitrogens with one attached hydrogen (secondary N) is 1. The number of ether oxygens (including phenoxy) is 2. The molecule has 7 heteroatoms. The molecule has 3 rings (SSSR count). The number of hydrogen-bond acceptors (Lipinski definition) is 6. The summed E-state index contributed by atoms with van der Waals surface area (Å²) in [4.78, 5) is 24.4. The van der Waals surface area contributed by atoms with Crippen LogP contribution in [0.4, 0.5) is 0 Å². The van der Waals surface area contributed by atoms with Crippen LogP contribution in [0, 0.1) is 0 Å². The third-order valence-electron chi connectivity index (χ3n) is 4.86. The molecule has 31 heavy (non-hydrogen) atoms. The number of methoxy groups -OCH3 is 1. The minimum Gasteiger partial charge on any atom is -0.489 e. The standard InChI is InChI=1S/C22H27N3O4.C2H6/c1-28-22(27)20-11-6-12-25(24-20)21(26)19(23)14-17-9-5-10-18(13-17)29-15-16-7-3-2-4-8-16;1-2/h2-5,7-10,13,19-20,24H,6,11-12,14-15,23H2,1H3;1-2H3. The summed E-state index contributed by atoms with van der Waals surface area (Å²) in [6, 6.07) is 16.3. The second-order valence-electron chi connectivity index (χ2n) is 7.07. The van der Waals surface area contributed by atoms with Gasteiger partial charge in [-0.3, -0.25) is 14.6 Å². The van der Waals surface area contributed by atoms with E-state index in [2.05, 4.69) is 5.43 Å². The van der Waals surface area contributed by atoms with Gasteiger partial charge in [-0.25, -0.2) is 5.43 Å². The average Bonchev–Trinajstić information content (AvgIpc) is 2.84. The highest BCUT2D eigenvalue weighted by atomic mass is 16.5. The maximum Gasteiger partial charge on any atom is 0.324 e. The van der Waals surface area contributed by atoms with Gasteiger partial charge in [0.25, 0.3) is 5.91 Å². The quantitative estimate of drug-likeness (QED) is 0.660. The lowest BCUT2D eigenvalue weighted by Crippen LogP contribution is -2.59. The van der Waals surface area contributed by atoms with Crippen LogP contribution in [0.25, 0.3) is 0 Å². The van der Waals surface area contributed by atoms with Crippen molar-refractivity contribution in [1.29, 1.82) is 0 Å². The maximum absolute atomic E-state index is 12.7. The van der Waals surface area contributed by atoms with Crippen molar-refractivity contribution in [2.24, 2.45) is 5.73 Å². The van der Waals surface area contributed by atoms with Gasteiger partial charge >= 0.3 is 5.97 Å². The molecule has 7 nitrogen and oxygen atoms in total. The lowest BCUT2D eigenvalue weighted by atomic mass is 10.0. The fourth-order valence-corrected chi connectivity index (χ4v) is 3.30. The third kappa shape index (κ3) is 7.38. The summed E-state index contributed by atoms with van der Waals surface area (Å²) in [5.41, 5.74) is 11.1. The summed E-state index contributed by atoms with van der Waals surface area (Å²) in [6.07, 6.45) is 1.73. The molecule has 0 aliphatic carbocycles. The van der Waals surface area contributed by atoms with Crippen molar-refractivity contribution in [1.82, 2.24) is 10.4 Å². The summed E-state index contributed by atoms with van der Waals surface area (Å²) in [5.74, 6) is 0.112. The van der Waals surface area contributed by atoms with Crippen molar-refractivity contribution < 1.29 is 19.1 Å². The monoisotopic (exact) mass is 427 g/mol. The fourth-order valence-electron chi connectivity index (χ4n) is 3.30. The van der Waals surface area contributed by atoms with Crippen LogP contribution in [0.5, 0.6) is 5.75 Å². The molecule has 1 heterocycles. The molecule has 2 atom stereocenters. The molecule has 2 unspecified atom stereocenters. The summed E-state index contributed by atoms with van der Waals surface area (Å²) in [6.45, 7) is 4.99. The molecule has 2 aromatic carbocycles. The average molecular weight is 428 g/mol. The van der Waals surface area contributed by atoms with Crippen LogP contribution >= 0.6 is 0 Å². The SMILES string of the molecule is CC.COC(=O)C1CCCN(C(=O)C(N)Cc2cccc(OCc3ccccc3)c2)N1. The zero-order valence-corrected chi connectivity index (χ0v) is 18.5. The second kappa shape index (κ2) is 12.7. The number of amides is 1. The Morgan fingerprint density at radius 2 is 1.84 bits per heavy atom. The van der Waals surface area contributed by atoms with E-state index in [1.807, 2.05) is 68.4 Å². The van der Waals surface area contributed by atoms with E-state index in [-0.39, 0.29) is 11.9 Å². The zero-order valence-electron chi connectivity index (χ0n) is 18.5. The van der Waals surface area contributed by atoms with Gasteiger partial charge in [0.1, 0.15) is 18.4 Å². The van der Waals surface area contributed by atoms with Gasteiger partial charge in [-0.05, 0) is 42.5 Å².